The second kappa shape index (κ2) is 5.41. The molecule has 0 saturated heterocycles. The van der Waals surface area contributed by atoms with E-state index in [4.69, 9.17) is 0 Å². The molecule has 1 unspecified atom stereocenters. The Labute approximate surface area is 121 Å². The predicted octanol–water partition coefficient (Wildman–Crippen LogP) is 3.29. The largest absolute Gasteiger partial charge is 0.312 e. The number of rotatable bonds is 5. The normalized spacial score (nSPS) is 18.5. The van der Waals surface area contributed by atoms with E-state index in [1.54, 1.807) is 0 Å². The third kappa shape index (κ3) is 2.06. The summed E-state index contributed by atoms with van der Waals surface area (Å²) in [5, 5.41) is 7.99. The van der Waals surface area contributed by atoms with Crippen LogP contribution in [0, 0.1) is 0 Å². The summed E-state index contributed by atoms with van der Waals surface area (Å²) in [6.45, 7) is 3.05. The molecule has 0 spiro atoms. The van der Waals surface area contributed by atoms with E-state index in [2.05, 4.69) is 60.9 Å². The molecule has 1 N–H and O–H groups in total. The average molecular weight is 269 g/mol. The van der Waals surface area contributed by atoms with E-state index in [0.717, 1.165) is 6.54 Å². The Morgan fingerprint density at radius 2 is 2.05 bits per heavy atom. The molecule has 1 aliphatic carbocycles. The van der Waals surface area contributed by atoms with E-state index in [0.29, 0.717) is 6.04 Å². The molecule has 0 amide bonds. The molecule has 3 nitrogen and oxygen atoms in total. The second-order valence-electron chi connectivity index (χ2n) is 5.73. The van der Waals surface area contributed by atoms with Gasteiger partial charge in [0.05, 0.1) is 6.20 Å². The van der Waals surface area contributed by atoms with E-state index in [9.17, 15) is 0 Å². The molecule has 1 aliphatic rings. The maximum absolute atomic E-state index is 4.45. The van der Waals surface area contributed by atoms with Crippen molar-refractivity contribution >= 4 is 0 Å². The van der Waals surface area contributed by atoms with Crippen LogP contribution in [0.4, 0.5) is 0 Å². The first-order valence-corrected chi connectivity index (χ1v) is 7.55. The molecular weight excluding hydrogens is 246 g/mol. The van der Waals surface area contributed by atoms with Crippen molar-refractivity contribution in [2.75, 3.05) is 7.05 Å². The first-order chi connectivity index (χ1) is 9.80. The lowest BCUT2D eigenvalue weighted by atomic mass is 9.59. The summed E-state index contributed by atoms with van der Waals surface area (Å²) in [4.78, 5) is 0. The fourth-order valence-electron chi connectivity index (χ4n) is 3.54. The van der Waals surface area contributed by atoms with Gasteiger partial charge in [0.15, 0.2) is 0 Å². The standard InChI is InChI=1S/C17H23N3/c1-3-20-13-14(12-19-20)16(18-2)17(10-7-11-17)15-8-5-4-6-9-15/h4-6,8-9,12-13,16,18H,3,7,10-11H2,1-2H3. The van der Waals surface area contributed by atoms with Gasteiger partial charge in [0.25, 0.3) is 0 Å². The maximum atomic E-state index is 4.45. The molecule has 106 valence electrons. The number of hydrogen-bond donors (Lipinski definition) is 1. The molecule has 1 fully saturated rings. The topological polar surface area (TPSA) is 29.9 Å². The molecule has 1 saturated carbocycles. The van der Waals surface area contributed by atoms with Gasteiger partial charge in [-0.1, -0.05) is 36.8 Å². The lowest BCUT2D eigenvalue weighted by molar-refractivity contribution is 0.175. The SMILES string of the molecule is CCn1cc(C(NC)C2(c3ccccc3)CCC2)cn1. The molecule has 1 aromatic carbocycles. The van der Waals surface area contributed by atoms with E-state index >= 15 is 0 Å². The van der Waals surface area contributed by atoms with Crippen LogP contribution in [0.25, 0.3) is 0 Å². The summed E-state index contributed by atoms with van der Waals surface area (Å²) in [6.07, 6.45) is 8.02. The summed E-state index contributed by atoms with van der Waals surface area (Å²) in [5.74, 6) is 0. The highest BCUT2D eigenvalue weighted by Gasteiger charge is 2.45. The zero-order valence-electron chi connectivity index (χ0n) is 12.3. The fraction of sp³-hybridized carbons (Fsp3) is 0.471. The second-order valence-corrected chi connectivity index (χ2v) is 5.73. The van der Waals surface area contributed by atoms with Gasteiger partial charge in [0.2, 0.25) is 0 Å². The first-order valence-electron chi connectivity index (χ1n) is 7.55. The third-order valence-electron chi connectivity index (χ3n) is 4.75. The number of nitrogens with one attached hydrogen (secondary N) is 1. The highest BCUT2D eigenvalue weighted by Crippen LogP contribution is 2.51. The van der Waals surface area contributed by atoms with Crippen LogP contribution in [0.15, 0.2) is 42.7 Å². The Morgan fingerprint density at radius 1 is 1.30 bits per heavy atom. The molecule has 1 atom stereocenters. The molecule has 20 heavy (non-hydrogen) atoms. The van der Waals surface area contributed by atoms with Crippen LogP contribution in [-0.2, 0) is 12.0 Å². The minimum absolute atomic E-state index is 0.234. The van der Waals surface area contributed by atoms with Crippen LogP contribution in [0.1, 0.15) is 43.4 Å². The quantitative estimate of drug-likeness (QED) is 0.902. The summed E-state index contributed by atoms with van der Waals surface area (Å²) < 4.78 is 2.01. The smallest absolute Gasteiger partial charge is 0.0537 e. The number of hydrogen-bond acceptors (Lipinski definition) is 2. The number of nitrogens with zero attached hydrogens (tertiary/aromatic N) is 2. The van der Waals surface area contributed by atoms with Gasteiger partial charge < -0.3 is 5.32 Å². The van der Waals surface area contributed by atoms with Crippen LogP contribution in [-0.4, -0.2) is 16.8 Å². The molecule has 2 aromatic rings. The van der Waals surface area contributed by atoms with Crippen molar-refractivity contribution in [3.8, 4) is 0 Å². The Hall–Kier alpha value is -1.61. The first kappa shape index (κ1) is 13.4. The molecule has 1 aromatic heterocycles. The lowest BCUT2D eigenvalue weighted by Crippen LogP contribution is -2.45. The van der Waals surface area contributed by atoms with E-state index in [-0.39, 0.29) is 5.41 Å². The maximum Gasteiger partial charge on any atom is 0.0537 e. The van der Waals surface area contributed by atoms with Crippen molar-refractivity contribution in [2.24, 2.45) is 0 Å². The van der Waals surface area contributed by atoms with Crippen molar-refractivity contribution < 1.29 is 0 Å². The zero-order valence-corrected chi connectivity index (χ0v) is 12.3. The number of likely N-dealkylation sites (N-methyl/N-ethyl adjacent to an activating group) is 1. The molecule has 1 heterocycles. The van der Waals surface area contributed by atoms with Crippen LogP contribution in [0.2, 0.25) is 0 Å². The summed E-state index contributed by atoms with van der Waals surface area (Å²) in [6, 6.07) is 11.3. The van der Waals surface area contributed by atoms with Crippen LogP contribution >= 0.6 is 0 Å². The van der Waals surface area contributed by atoms with Gasteiger partial charge >= 0.3 is 0 Å². The van der Waals surface area contributed by atoms with Crippen molar-refractivity contribution in [1.82, 2.24) is 15.1 Å². The highest BCUT2D eigenvalue weighted by molar-refractivity contribution is 5.34. The molecule has 3 rings (SSSR count). The van der Waals surface area contributed by atoms with Crippen LogP contribution in [0.3, 0.4) is 0 Å². The minimum atomic E-state index is 0.234. The van der Waals surface area contributed by atoms with Crippen molar-refractivity contribution in [3.63, 3.8) is 0 Å². The van der Waals surface area contributed by atoms with Gasteiger partial charge in [0, 0.05) is 29.8 Å². The molecule has 3 heteroatoms. The van der Waals surface area contributed by atoms with Crippen molar-refractivity contribution in [2.45, 2.75) is 44.2 Å². The molecule has 0 bridgehead atoms. The van der Waals surface area contributed by atoms with Crippen LogP contribution in [0.5, 0.6) is 0 Å². The Kier molecular flexibility index (Phi) is 3.62. The number of aromatic nitrogens is 2. The third-order valence-corrected chi connectivity index (χ3v) is 4.75. The van der Waals surface area contributed by atoms with Crippen molar-refractivity contribution in [3.05, 3.63) is 53.9 Å². The number of aryl methyl sites for hydroxylation is 1. The van der Waals surface area contributed by atoms with Gasteiger partial charge in [0.1, 0.15) is 0 Å². The monoisotopic (exact) mass is 269 g/mol. The van der Waals surface area contributed by atoms with Gasteiger partial charge in [-0.25, -0.2) is 0 Å². The number of benzene rings is 1. The van der Waals surface area contributed by atoms with E-state index in [1.807, 2.05) is 10.9 Å². The average Bonchev–Trinajstić information content (AvgIpc) is 2.92. The van der Waals surface area contributed by atoms with E-state index in [1.165, 1.54) is 30.4 Å². The van der Waals surface area contributed by atoms with Crippen molar-refractivity contribution in [1.29, 1.82) is 0 Å². The highest BCUT2D eigenvalue weighted by atomic mass is 15.3. The molecule has 0 aliphatic heterocycles. The van der Waals surface area contributed by atoms with Gasteiger partial charge in [-0.3, -0.25) is 4.68 Å². The lowest BCUT2D eigenvalue weighted by Gasteiger charge is -2.48. The summed E-state index contributed by atoms with van der Waals surface area (Å²) in [5.41, 5.74) is 2.99. The van der Waals surface area contributed by atoms with Gasteiger partial charge in [-0.15, -0.1) is 0 Å². The summed E-state index contributed by atoms with van der Waals surface area (Å²) >= 11 is 0. The Morgan fingerprint density at radius 3 is 2.55 bits per heavy atom. The molecule has 0 radical (unpaired) electrons. The van der Waals surface area contributed by atoms with E-state index < -0.39 is 0 Å². The van der Waals surface area contributed by atoms with Gasteiger partial charge in [-0.05, 0) is 32.4 Å². The fourth-order valence-corrected chi connectivity index (χ4v) is 3.54. The Bertz CT molecular complexity index is 555. The minimum Gasteiger partial charge on any atom is -0.312 e. The van der Waals surface area contributed by atoms with Crippen LogP contribution < -0.4 is 5.32 Å². The zero-order chi connectivity index (χ0) is 14.0. The predicted molar refractivity (Wildman–Crippen MR) is 81.7 cm³/mol. The van der Waals surface area contributed by atoms with Gasteiger partial charge in [-0.2, -0.15) is 5.10 Å². The molecular formula is C17H23N3. The summed E-state index contributed by atoms with van der Waals surface area (Å²) in [7, 11) is 2.07. The Balaban J connectivity index is 1.98.